The maximum absolute atomic E-state index is 12.5. The summed E-state index contributed by atoms with van der Waals surface area (Å²) in [6, 6.07) is 0.643. The second-order valence-electron chi connectivity index (χ2n) is 7.11. The van der Waals surface area contributed by atoms with Gasteiger partial charge in [0.25, 0.3) is 0 Å². The highest BCUT2D eigenvalue weighted by molar-refractivity contribution is 5.76. The first-order valence-corrected chi connectivity index (χ1v) is 9.05. The van der Waals surface area contributed by atoms with Crippen LogP contribution in [-0.2, 0) is 4.79 Å². The van der Waals surface area contributed by atoms with Crippen molar-refractivity contribution in [1.82, 2.24) is 15.1 Å². The quantitative estimate of drug-likeness (QED) is 0.859. The summed E-state index contributed by atoms with van der Waals surface area (Å²) in [5.74, 6) is 1.19. The maximum Gasteiger partial charge on any atom is 0.222 e. The lowest BCUT2D eigenvalue weighted by molar-refractivity contribution is -0.133. The van der Waals surface area contributed by atoms with Gasteiger partial charge in [0.05, 0.1) is 0 Å². The van der Waals surface area contributed by atoms with Gasteiger partial charge in [0.15, 0.2) is 0 Å². The normalized spacial score (nSPS) is 29.0. The first-order valence-electron chi connectivity index (χ1n) is 9.05. The third kappa shape index (κ3) is 4.19. The molecule has 0 spiro atoms. The summed E-state index contributed by atoms with van der Waals surface area (Å²) in [6.45, 7) is 6.77. The van der Waals surface area contributed by atoms with Crippen molar-refractivity contribution in [3.05, 3.63) is 0 Å². The van der Waals surface area contributed by atoms with E-state index in [-0.39, 0.29) is 0 Å². The first-order chi connectivity index (χ1) is 10.3. The van der Waals surface area contributed by atoms with Gasteiger partial charge in [-0.3, -0.25) is 9.69 Å². The summed E-state index contributed by atoms with van der Waals surface area (Å²) in [5, 5.41) is 3.40. The molecule has 3 aliphatic heterocycles. The lowest BCUT2D eigenvalue weighted by Crippen LogP contribution is -2.49. The Morgan fingerprint density at radius 1 is 1.00 bits per heavy atom. The third-order valence-electron chi connectivity index (χ3n) is 5.63. The second-order valence-corrected chi connectivity index (χ2v) is 7.11. The molecule has 1 unspecified atom stereocenters. The molecule has 21 heavy (non-hydrogen) atoms. The minimum atomic E-state index is 0.414. The van der Waals surface area contributed by atoms with Crippen molar-refractivity contribution in [2.24, 2.45) is 5.92 Å². The Morgan fingerprint density at radius 2 is 1.76 bits per heavy atom. The van der Waals surface area contributed by atoms with E-state index in [0.717, 1.165) is 44.9 Å². The SMILES string of the molecule is O=C(CCC1CCNCC1)N1CCCC(N2CCCC2)C1. The van der Waals surface area contributed by atoms with E-state index in [1.54, 1.807) is 0 Å². The van der Waals surface area contributed by atoms with Crippen LogP contribution in [-0.4, -0.2) is 61.0 Å². The summed E-state index contributed by atoms with van der Waals surface area (Å²) in [6.07, 6.45) is 9.56. The molecule has 0 radical (unpaired) electrons. The van der Waals surface area contributed by atoms with Gasteiger partial charge in [-0.15, -0.1) is 0 Å². The Balaban J connectivity index is 1.42. The van der Waals surface area contributed by atoms with E-state index in [9.17, 15) is 4.79 Å². The Morgan fingerprint density at radius 3 is 2.52 bits per heavy atom. The molecule has 1 N–H and O–H groups in total. The van der Waals surface area contributed by atoms with Crippen LogP contribution in [0.2, 0.25) is 0 Å². The van der Waals surface area contributed by atoms with Crippen molar-refractivity contribution in [2.75, 3.05) is 39.3 Å². The number of carbonyl (C=O) groups excluding carboxylic acids is 1. The van der Waals surface area contributed by atoms with Gasteiger partial charge in [-0.1, -0.05) is 0 Å². The van der Waals surface area contributed by atoms with E-state index in [1.807, 2.05) is 0 Å². The van der Waals surface area contributed by atoms with Crippen LogP contribution in [0.4, 0.5) is 0 Å². The number of rotatable bonds is 4. The minimum Gasteiger partial charge on any atom is -0.341 e. The van der Waals surface area contributed by atoms with Gasteiger partial charge in [0.1, 0.15) is 0 Å². The van der Waals surface area contributed by atoms with Crippen molar-refractivity contribution in [3.63, 3.8) is 0 Å². The van der Waals surface area contributed by atoms with Crippen LogP contribution in [0.15, 0.2) is 0 Å². The van der Waals surface area contributed by atoms with Gasteiger partial charge >= 0.3 is 0 Å². The molecule has 3 saturated heterocycles. The van der Waals surface area contributed by atoms with Crippen LogP contribution in [0.5, 0.6) is 0 Å². The number of piperidine rings is 2. The van der Waals surface area contributed by atoms with E-state index in [2.05, 4.69) is 15.1 Å². The number of nitrogens with zero attached hydrogens (tertiary/aromatic N) is 2. The fourth-order valence-corrected chi connectivity index (χ4v) is 4.24. The van der Waals surface area contributed by atoms with E-state index in [1.165, 1.54) is 51.6 Å². The molecule has 120 valence electrons. The summed E-state index contributed by atoms with van der Waals surface area (Å²) < 4.78 is 0. The predicted molar refractivity (Wildman–Crippen MR) is 85.2 cm³/mol. The Labute approximate surface area is 129 Å². The molecule has 0 bridgehead atoms. The molecule has 1 amide bonds. The average molecular weight is 293 g/mol. The average Bonchev–Trinajstić information content (AvgIpc) is 3.08. The van der Waals surface area contributed by atoms with Gasteiger partial charge in [-0.05, 0) is 77.0 Å². The molecule has 4 heteroatoms. The van der Waals surface area contributed by atoms with Gasteiger partial charge in [0, 0.05) is 25.6 Å². The van der Waals surface area contributed by atoms with Gasteiger partial charge in [0.2, 0.25) is 5.91 Å². The fraction of sp³-hybridized carbons (Fsp3) is 0.941. The molecule has 1 atom stereocenters. The van der Waals surface area contributed by atoms with Crippen LogP contribution in [0.1, 0.15) is 51.4 Å². The number of likely N-dealkylation sites (tertiary alicyclic amines) is 2. The van der Waals surface area contributed by atoms with E-state index >= 15 is 0 Å². The van der Waals surface area contributed by atoms with Crippen molar-refractivity contribution in [2.45, 2.75) is 57.4 Å². The molecule has 3 rings (SSSR count). The zero-order valence-electron chi connectivity index (χ0n) is 13.4. The van der Waals surface area contributed by atoms with Crippen LogP contribution in [0.3, 0.4) is 0 Å². The van der Waals surface area contributed by atoms with Crippen molar-refractivity contribution < 1.29 is 4.79 Å². The largest absolute Gasteiger partial charge is 0.341 e. The Hall–Kier alpha value is -0.610. The van der Waals surface area contributed by atoms with Crippen molar-refractivity contribution >= 4 is 5.91 Å². The molecule has 0 aromatic rings. The molecule has 3 aliphatic rings. The van der Waals surface area contributed by atoms with Crippen molar-refractivity contribution in [3.8, 4) is 0 Å². The highest BCUT2D eigenvalue weighted by Gasteiger charge is 2.29. The van der Waals surface area contributed by atoms with Gasteiger partial charge < -0.3 is 10.2 Å². The van der Waals surface area contributed by atoms with E-state index < -0.39 is 0 Å². The molecule has 4 nitrogen and oxygen atoms in total. The number of amides is 1. The van der Waals surface area contributed by atoms with Crippen LogP contribution in [0, 0.1) is 5.92 Å². The molecule has 0 aliphatic carbocycles. The van der Waals surface area contributed by atoms with Gasteiger partial charge in [-0.2, -0.15) is 0 Å². The molecule has 0 saturated carbocycles. The monoisotopic (exact) mass is 293 g/mol. The summed E-state index contributed by atoms with van der Waals surface area (Å²) in [7, 11) is 0. The third-order valence-corrected chi connectivity index (χ3v) is 5.63. The number of nitrogens with one attached hydrogen (secondary N) is 1. The van der Waals surface area contributed by atoms with Gasteiger partial charge in [-0.25, -0.2) is 0 Å². The zero-order valence-corrected chi connectivity index (χ0v) is 13.4. The topological polar surface area (TPSA) is 35.6 Å². The second kappa shape index (κ2) is 7.59. The minimum absolute atomic E-state index is 0.414. The zero-order chi connectivity index (χ0) is 14.5. The van der Waals surface area contributed by atoms with Crippen LogP contribution in [0.25, 0.3) is 0 Å². The molecular formula is C17H31N3O. The van der Waals surface area contributed by atoms with E-state index in [0.29, 0.717) is 11.9 Å². The lowest BCUT2D eigenvalue weighted by atomic mass is 9.92. The maximum atomic E-state index is 12.5. The molecule has 3 heterocycles. The molecule has 0 aromatic heterocycles. The lowest BCUT2D eigenvalue weighted by Gasteiger charge is -2.38. The fourth-order valence-electron chi connectivity index (χ4n) is 4.24. The summed E-state index contributed by atoms with van der Waals surface area (Å²) >= 11 is 0. The number of hydrogen-bond donors (Lipinski definition) is 1. The number of carbonyl (C=O) groups is 1. The molecule has 0 aromatic carbocycles. The smallest absolute Gasteiger partial charge is 0.222 e. The molecule has 3 fully saturated rings. The van der Waals surface area contributed by atoms with E-state index in [4.69, 9.17) is 0 Å². The summed E-state index contributed by atoms with van der Waals surface area (Å²) in [5.41, 5.74) is 0. The van der Waals surface area contributed by atoms with Crippen LogP contribution >= 0.6 is 0 Å². The Bertz CT molecular complexity index is 335. The first kappa shape index (κ1) is 15.3. The highest BCUT2D eigenvalue weighted by Crippen LogP contribution is 2.23. The van der Waals surface area contributed by atoms with Crippen LogP contribution < -0.4 is 5.32 Å². The van der Waals surface area contributed by atoms with Crippen molar-refractivity contribution in [1.29, 1.82) is 0 Å². The standard InChI is InChI=1S/C17H31N3O/c21-17(6-5-15-7-9-18-10-8-15)20-13-3-4-16(14-20)19-11-1-2-12-19/h15-16,18H,1-14H2. The Kier molecular flexibility index (Phi) is 5.53. The number of hydrogen-bond acceptors (Lipinski definition) is 3. The predicted octanol–water partition coefficient (Wildman–Crippen LogP) is 1.85. The molecular weight excluding hydrogens is 262 g/mol. The summed E-state index contributed by atoms with van der Waals surface area (Å²) in [4.78, 5) is 17.3. The highest BCUT2D eigenvalue weighted by atomic mass is 16.2.